The predicted molar refractivity (Wildman–Crippen MR) is 76.3 cm³/mol. The van der Waals surface area contributed by atoms with Gasteiger partial charge in [0.25, 0.3) is 0 Å². The van der Waals surface area contributed by atoms with Crippen LogP contribution >= 0.6 is 11.3 Å². The Kier molecular flexibility index (Phi) is 7.18. The van der Waals surface area contributed by atoms with Crippen LogP contribution in [0.3, 0.4) is 0 Å². The fourth-order valence-electron chi connectivity index (χ4n) is 1.81. The molecule has 0 aliphatic heterocycles. The van der Waals surface area contributed by atoms with E-state index in [1.54, 1.807) is 11.3 Å². The number of carboxylic acids is 1. The van der Waals surface area contributed by atoms with Crippen LogP contribution in [0.2, 0.25) is 0 Å². The van der Waals surface area contributed by atoms with Crippen molar-refractivity contribution in [3.05, 3.63) is 22.4 Å². The number of unbranched alkanes of at least 4 members (excludes halogenated alkanes) is 1. The van der Waals surface area contributed by atoms with Gasteiger partial charge in [-0.2, -0.15) is 0 Å². The Morgan fingerprint density at radius 2 is 2.21 bits per heavy atom. The smallest absolute Gasteiger partial charge is 0.326 e. The number of carbonyl (C=O) groups excluding carboxylic acids is 1. The average molecular weight is 283 g/mol. The maximum absolute atomic E-state index is 11.7. The molecular formula is C14H21NO3S. The van der Waals surface area contributed by atoms with Crippen LogP contribution in [0, 0.1) is 0 Å². The third-order valence-corrected chi connectivity index (χ3v) is 3.82. The fraction of sp³-hybridized carbons (Fsp3) is 0.571. The number of rotatable bonds is 9. The van der Waals surface area contributed by atoms with Gasteiger partial charge in [0.1, 0.15) is 6.04 Å². The van der Waals surface area contributed by atoms with Gasteiger partial charge in [0.2, 0.25) is 5.91 Å². The summed E-state index contributed by atoms with van der Waals surface area (Å²) in [4.78, 5) is 23.9. The van der Waals surface area contributed by atoms with Crippen molar-refractivity contribution in [2.24, 2.45) is 0 Å². The van der Waals surface area contributed by atoms with E-state index in [4.69, 9.17) is 5.11 Å². The van der Waals surface area contributed by atoms with E-state index in [2.05, 4.69) is 5.32 Å². The Morgan fingerprint density at radius 1 is 1.42 bits per heavy atom. The minimum absolute atomic E-state index is 0.167. The number of carbonyl (C=O) groups is 2. The predicted octanol–water partition coefficient (Wildman–Crippen LogP) is 2.83. The molecule has 0 aliphatic rings. The molecule has 4 nitrogen and oxygen atoms in total. The maximum Gasteiger partial charge on any atom is 0.326 e. The molecule has 1 aromatic heterocycles. The molecule has 5 heteroatoms. The molecule has 1 atom stereocenters. The minimum atomic E-state index is -0.944. The highest BCUT2D eigenvalue weighted by Crippen LogP contribution is 2.12. The van der Waals surface area contributed by atoms with Gasteiger partial charge in [0.05, 0.1) is 0 Å². The molecule has 1 amide bonds. The van der Waals surface area contributed by atoms with Crippen molar-refractivity contribution in [2.45, 2.75) is 51.5 Å². The summed E-state index contributed by atoms with van der Waals surface area (Å²) in [7, 11) is 0. The molecule has 2 N–H and O–H groups in total. The Bertz CT molecular complexity index is 389. The Morgan fingerprint density at radius 3 is 2.79 bits per heavy atom. The molecule has 0 unspecified atom stereocenters. The Labute approximate surface area is 117 Å². The summed E-state index contributed by atoms with van der Waals surface area (Å²) in [5.74, 6) is -1.11. The number of amides is 1. The zero-order chi connectivity index (χ0) is 14.1. The van der Waals surface area contributed by atoms with Gasteiger partial charge in [-0.15, -0.1) is 11.3 Å². The normalized spacial score (nSPS) is 12.1. The maximum atomic E-state index is 11.7. The van der Waals surface area contributed by atoms with Crippen LogP contribution in [0.25, 0.3) is 0 Å². The van der Waals surface area contributed by atoms with Gasteiger partial charge in [0, 0.05) is 11.3 Å². The fourth-order valence-corrected chi connectivity index (χ4v) is 2.56. The standard InChI is InChI=1S/C14H21NO3S/c1-2-3-8-12(14(17)18)15-13(16)9-4-6-11-7-5-10-19-11/h5,7,10,12H,2-4,6,8-9H2,1H3,(H,15,16)(H,17,18)/t12-/m0/s1. The number of hydrogen-bond donors (Lipinski definition) is 2. The van der Waals surface area contributed by atoms with Crippen LogP contribution in [0.1, 0.15) is 43.9 Å². The second-order valence-electron chi connectivity index (χ2n) is 4.53. The average Bonchev–Trinajstić information content (AvgIpc) is 2.87. The monoisotopic (exact) mass is 283 g/mol. The highest BCUT2D eigenvalue weighted by Gasteiger charge is 2.18. The van der Waals surface area contributed by atoms with E-state index in [1.165, 1.54) is 4.88 Å². The second kappa shape index (κ2) is 8.69. The summed E-state index contributed by atoms with van der Waals surface area (Å²) >= 11 is 1.68. The van der Waals surface area contributed by atoms with E-state index in [0.717, 1.165) is 25.7 Å². The molecule has 0 fully saturated rings. The van der Waals surface area contributed by atoms with E-state index >= 15 is 0 Å². The molecule has 0 spiro atoms. The highest BCUT2D eigenvalue weighted by molar-refractivity contribution is 7.09. The molecular weight excluding hydrogens is 262 g/mol. The van der Waals surface area contributed by atoms with Gasteiger partial charge in [-0.05, 0) is 30.7 Å². The first-order valence-electron chi connectivity index (χ1n) is 6.68. The lowest BCUT2D eigenvalue weighted by molar-refractivity contribution is -0.142. The van der Waals surface area contributed by atoms with Crippen molar-refractivity contribution < 1.29 is 14.7 Å². The van der Waals surface area contributed by atoms with Gasteiger partial charge in [-0.1, -0.05) is 25.8 Å². The topological polar surface area (TPSA) is 66.4 Å². The van der Waals surface area contributed by atoms with E-state index in [9.17, 15) is 9.59 Å². The number of hydrogen-bond acceptors (Lipinski definition) is 3. The lowest BCUT2D eigenvalue weighted by atomic mass is 10.1. The zero-order valence-electron chi connectivity index (χ0n) is 11.2. The van der Waals surface area contributed by atoms with E-state index < -0.39 is 12.0 Å². The first-order chi connectivity index (χ1) is 9.13. The first kappa shape index (κ1) is 15.7. The lowest BCUT2D eigenvalue weighted by Gasteiger charge is -2.13. The highest BCUT2D eigenvalue weighted by atomic mass is 32.1. The lowest BCUT2D eigenvalue weighted by Crippen LogP contribution is -2.40. The first-order valence-corrected chi connectivity index (χ1v) is 7.56. The third kappa shape index (κ3) is 6.38. The number of nitrogens with one attached hydrogen (secondary N) is 1. The number of thiophene rings is 1. The van der Waals surface area contributed by atoms with E-state index in [0.29, 0.717) is 12.8 Å². The molecule has 19 heavy (non-hydrogen) atoms. The minimum Gasteiger partial charge on any atom is -0.480 e. The second-order valence-corrected chi connectivity index (χ2v) is 5.57. The molecule has 106 valence electrons. The molecule has 1 rings (SSSR count). The molecule has 1 heterocycles. The van der Waals surface area contributed by atoms with Gasteiger partial charge in [-0.25, -0.2) is 4.79 Å². The third-order valence-electron chi connectivity index (χ3n) is 2.89. The number of carboxylic acid groups (broad SMARTS) is 1. The van der Waals surface area contributed by atoms with Crippen LogP contribution in [-0.2, 0) is 16.0 Å². The van der Waals surface area contributed by atoms with Crippen LogP contribution in [-0.4, -0.2) is 23.0 Å². The van der Waals surface area contributed by atoms with E-state index in [-0.39, 0.29) is 5.91 Å². The van der Waals surface area contributed by atoms with Crippen molar-refractivity contribution in [1.29, 1.82) is 0 Å². The van der Waals surface area contributed by atoms with Crippen LogP contribution in [0.4, 0.5) is 0 Å². The van der Waals surface area contributed by atoms with Crippen LogP contribution < -0.4 is 5.32 Å². The van der Waals surface area contributed by atoms with Crippen LogP contribution in [0.15, 0.2) is 17.5 Å². The summed E-state index contributed by atoms with van der Waals surface area (Å²) < 4.78 is 0. The quantitative estimate of drug-likeness (QED) is 0.732. The summed E-state index contributed by atoms with van der Waals surface area (Å²) in [5, 5.41) is 13.6. The summed E-state index contributed by atoms with van der Waals surface area (Å²) in [6.45, 7) is 2.00. The van der Waals surface area contributed by atoms with Gasteiger partial charge in [0.15, 0.2) is 0 Å². The van der Waals surface area contributed by atoms with Crippen molar-refractivity contribution >= 4 is 23.2 Å². The molecule has 0 saturated heterocycles. The van der Waals surface area contributed by atoms with Crippen molar-refractivity contribution in [2.75, 3.05) is 0 Å². The van der Waals surface area contributed by atoms with Crippen molar-refractivity contribution in [3.8, 4) is 0 Å². The Balaban J connectivity index is 2.25. The molecule has 0 saturated carbocycles. The zero-order valence-corrected chi connectivity index (χ0v) is 12.0. The van der Waals surface area contributed by atoms with Gasteiger partial charge >= 0.3 is 5.97 Å². The SMILES string of the molecule is CCCC[C@H](NC(=O)CCCc1cccs1)C(=O)O. The number of aliphatic carboxylic acids is 1. The summed E-state index contributed by atoms with van der Waals surface area (Å²) in [6, 6.07) is 3.30. The van der Waals surface area contributed by atoms with Crippen molar-refractivity contribution in [1.82, 2.24) is 5.32 Å². The van der Waals surface area contributed by atoms with Crippen LogP contribution in [0.5, 0.6) is 0 Å². The molecule has 0 radical (unpaired) electrons. The van der Waals surface area contributed by atoms with E-state index in [1.807, 2.05) is 24.4 Å². The van der Waals surface area contributed by atoms with Gasteiger partial charge in [-0.3, -0.25) is 4.79 Å². The largest absolute Gasteiger partial charge is 0.480 e. The summed E-state index contributed by atoms with van der Waals surface area (Å²) in [6.07, 6.45) is 4.25. The molecule has 1 aromatic rings. The summed E-state index contributed by atoms with van der Waals surface area (Å²) in [5.41, 5.74) is 0. The molecule has 0 aromatic carbocycles. The Hall–Kier alpha value is -1.36. The number of aryl methyl sites for hydroxylation is 1. The molecule has 0 bridgehead atoms. The van der Waals surface area contributed by atoms with Gasteiger partial charge < -0.3 is 10.4 Å². The molecule has 0 aliphatic carbocycles. The van der Waals surface area contributed by atoms with Crippen molar-refractivity contribution in [3.63, 3.8) is 0 Å².